The highest BCUT2D eigenvalue weighted by molar-refractivity contribution is 5.75. The summed E-state index contributed by atoms with van der Waals surface area (Å²) in [7, 11) is 1.87. The normalized spacial score (nSPS) is 9.00. The minimum Gasteiger partial charge on any atom is -0.460 e. The number of carbonyl (C=O) groups excluding carboxylic acids is 1. The third-order valence-corrected chi connectivity index (χ3v) is 1.53. The Morgan fingerprint density at radius 3 is 3.23 bits per heavy atom. The van der Waals surface area contributed by atoms with Gasteiger partial charge in [-0.1, -0.05) is 11.8 Å². The molecular weight excluding hydrogens is 166 g/mol. The molecule has 0 amide bonds. The van der Waals surface area contributed by atoms with Gasteiger partial charge in [-0.15, -0.1) is 0 Å². The van der Waals surface area contributed by atoms with E-state index in [4.69, 9.17) is 4.42 Å². The van der Waals surface area contributed by atoms with Crippen LogP contribution in [0.3, 0.4) is 0 Å². The van der Waals surface area contributed by atoms with Crippen LogP contribution in [-0.2, 0) is 0 Å². The highest BCUT2D eigenvalue weighted by Gasteiger charge is 1.99. The molecule has 3 heteroatoms. The van der Waals surface area contributed by atoms with Gasteiger partial charge < -0.3 is 9.73 Å². The van der Waals surface area contributed by atoms with Crippen LogP contribution in [-0.4, -0.2) is 19.9 Å². The van der Waals surface area contributed by atoms with Gasteiger partial charge in [0.1, 0.15) is 0 Å². The van der Waals surface area contributed by atoms with Crippen molar-refractivity contribution < 1.29 is 9.21 Å². The fourth-order valence-electron chi connectivity index (χ4n) is 0.861. The molecule has 3 nitrogen and oxygen atoms in total. The van der Waals surface area contributed by atoms with Gasteiger partial charge in [-0.25, -0.2) is 0 Å². The lowest BCUT2D eigenvalue weighted by Gasteiger charge is -1.87. The number of aldehydes is 1. The second kappa shape index (κ2) is 5.18. The quantitative estimate of drug-likeness (QED) is 0.426. The molecule has 0 bridgehead atoms. The molecular formula is C10H11NO2. The zero-order valence-corrected chi connectivity index (χ0v) is 7.46. The van der Waals surface area contributed by atoms with Gasteiger partial charge in [0, 0.05) is 13.0 Å². The maximum absolute atomic E-state index is 10.4. The highest BCUT2D eigenvalue weighted by Crippen LogP contribution is 2.05. The van der Waals surface area contributed by atoms with E-state index in [1.54, 1.807) is 6.07 Å². The molecule has 0 spiro atoms. The standard InChI is InChI=1S/C10H11NO2/c1-11-6-3-2-4-9-5-7-13-10(9)8-12/h5,7-8,11H,3,6H2,1H3. The fourth-order valence-corrected chi connectivity index (χ4v) is 0.861. The van der Waals surface area contributed by atoms with Gasteiger partial charge >= 0.3 is 0 Å². The van der Waals surface area contributed by atoms with Gasteiger partial charge in [-0.2, -0.15) is 0 Å². The van der Waals surface area contributed by atoms with E-state index in [-0.39, 0.29) is 0 Å². The summed E-state index contributed by atoms with van der Waals surface area (Å²) in [6.45, 7) is 0.848. The second-order valence-corrected chi connectivity index (χ2v) is 2.47. The molecule has 0 aliphatic heterocycles. The molecule has 1 N–H and O–H groups in total. The fraction of sp³-hybridized carbons (Fsp3) is 0.300. The molecule has 1 aromatic heterocycles. The van der Waals surface area contributed by atoms with Crippen LogP contribution in [0.15, 0.2) is 16.7 Å². The first-order valence-electron chi connectivity index (χ1n) is 4.04. The number of nitrogens with one attached hydrogen (secondary N) is 1. The molecule has 1 rings (SSSR count). The average Bonchev–Trinajstić information content (AvgIpc) is 2.60. The Labute approximate surface area is 77.1 Å². The minimum atomic E-state index is 0.303. The molecule has 68 valence electrons. The van der Waals surface area contributed by atoms with Gasteiger partial charge in [0.05, 0.1) is 11.8 Å². The number of furan rings is 1. The predicted molar refractivity (Wildman–Crippen MR) is 49.5 cm³/mol. The van der Waals surface area contributed by atoms with Crippen LogP contribution in [0.4, 0.5) is 0 Å². The van der Waals surface area contributed by atoms with Gasteiger partial charge in [0.25, 0.3) is 0 Å². The molecule has 0 atom stereocenters. The van der Waals surface area contributed by atoms with Gasteiger partial charge in [0.15, 0.2) is 12.0 Å². The zero-order chi connectivity index (χ0) is 9.52. The summed E-state index contributed by atoms with van der Waals surface area (Å²) < 4.78 is 4.88. The van der Waals surface area contributed by atoms with Crippen LogP contribution in [0.1, 0.15) is 22.5 Å². The summed E-state index contributed by atoms with van der Waals surface area (Å²) in [6, 6.07) is 1.69. The molecule has 13 heavy (non-hydrogen) atoms. The zero-order valence-electron chi connectivity index (χ0n) is 7.46. The molecule has 0 saturated carbocycles. The molecule has 0 unspecified atom stereocenters. The van der Waals surface area contributed by atoms with Crippen LogP contribution >= 0.6 is 0 Å². The SMILES string of the molecule is CNCCC#Cc1ccoc1C=O. The van der Waals surface area contributed by atoms with Crippen LogP contribution < -0.4 is 5.32 Å². The largest absolute Gasteiger partial charge is 0.460 e. The molecule has 0 radical (unpaired) electrons. The summed E-state index contributed by atoms with van der Waals surface area (Å²) in [5.41, 5.74) is 0.658. The lowest BCUT2D eigenvalue weighted by molar-refractivity contribution is 0.110. The number of hydrogen-bond acceptors (Lipinski definition) is 3. The summed E-state index contributed by atoms with van der Waals surface area (Å²) in [5.74, 6) is 6.10. The maximum Gasteiger partial charge on any atom is 0.186 e. The van der Waals surface area contributed by atoms with E-state index in [9.17, 15) is 4.79 Å². The number of rotatable bonds is 3. The van der Waals surface area contributed by atoms with E-state index < -0.39 is 0 Å². The van der Waals surface area contributed by atoms with E-state index in [1.165, 1.54) is 6.26 Å². The first kappa shape index (κ1) is 9.56. The lowest BCUT2D eigenvalue weighted by atomic mass is 10.2. The third kappa shape index (κ3) is 2.77. The van der Waals surface area contributed by atoms with Crippen molar-refractivity contribution in [2.24, 2.45) is 0 Å². The van der Waals surface area contributed by atoms with Crippen molar-refractivity contribution in [1.82, 2.24) is 5.32 Å². The van der Waals surface area contributed by atoms with Crippen molar-refractivity contribution in [1.29, 1.82) is 0 Å². The highest BCUT2D eigenvalue weighted by atomic mass is 16.3. The molecule has 0 aromatic carbocycles. The van der Waals surface area contributed by atoms with E-state index in [0.717, 1.165) is 13.0 Å². The molecule has 0 aliphatic rings. The molecule has 1 aromatic rings. The Kier molecular flexibility index (Phi) is 3.80. The van der Waals surface area contributed by atoms with E-state index in [0.29, 0.717) is 17.6 Å². The van der Waals surface area contributed by atoms with Crippen molar-refractivity contribution in [3.05, 3.63) is 23.7 Å². The van der Waals surface area contributed by atoms with Crippen molar-refractivity contribution >= 4 is 6.29 Å². The molecule has 0 aliphatic carbocycles. The monoisotopic (exact) mass is 177 g/mol. The Hall–Kier alpha value is -1.53. The Morgan fingerprint density at radius 1 is 1.69 bits per heavy atom. The Morgan fingerprint density at radius 2 is 2.54 bits per heavy atom. The predicted octanol–water partition coefficient (Wildman–Crippen LogP) is 1.05. The van der Waals surface area contributed by atoms with Crippen LogP contribution in [0.5, 0.6) is 0 Å². The average molecular weight is 177 g/mol. The van der Waals surface area contributed by atoms with E-state index in [1.807, 2.05) is 7.05 Å². The first-order chi connectivity index (χ1) is 6.38. The summed E-state index contributed by atoms with van der Waals surface area (Å²) in [6.07, 6.45) is 2.90. The van der Waals surface area contributed by atoms with Gasteiger partial charge in [-0.05, 0) is 13.1 Å². The van der Waals surface area contributed by atoms with Crippen molar-refractivity contribution in [2.75, 3.05) is 13.6 Å². The maximum atomic E-state index is 10.4. The molecule has 0 fully saturated rings. The van der Waals surface area contributed by atoms with E-state index in [2.05, 4.69) is 17.2 Å². The number of carbonyl (C=O) groups is 1. The lowest BCUT2D eigenvalue weighted by Crippen LogP contribution is -2.05. The van der Waals surface area contributed by atoms with Crippen molar-refractivity contribution in [3.63, 3.8) is 0 Å². The van der Waals surface area contributed by atoms with Gasteiger partial charge in [0.2, 0.25) is 0 Å². The summed E-state index contributed by atoms with van der Waals surface area (Å²) in [5, 5.41) is 2.98. The van der Waals surface area contributed by atoms with Crippen LogP contribution in [0.25, 0.3) is 0 Å². The second-order valence-electron chi connectivity index (χ2n) is 2.47. The van der Waals surface area contributed by atoms with Gasteiger partial charge in [-0.3, -0.25) is 4.79 Å². The third-order valence-electron chi connectivity index (χ3n) is 1.53. The summed E-state index contributed by atoms with van der Waals surface area (Å²) in [4.78, 5) is 10.4. The Balaban J connectivity index is 2.60. The topological polar surface area (TPSA) is 42.2 Å². The molecule has 0 saturated heterocycles. The smallest absolute Gasteiger partial charge is 0.186 e. The first-order valence-corrected chi connectivity index (χ1v) is 4.04. The number of hydrogen-bond donors (Lipinski definition) is 1. The van der Waals surface area contributed by atoms with Crippen molar-refractivity contribution in [2.45, 2.75) is 6.42 Å². The summed E-state index contributed by atoms with van der Waals surface area (Å²) >= 11 is 0. The molecule has 1 heterocycles. The minimum absolute atomic E-state index is 0.303. The van der Waals surface area contributed by atoms with Crippen LogP contribution in [0, 0.1) is 11.8 Å². The Bertz CT molecular complexity index is 330. The van der Waals surface area contributed by atoms with Crippen LogP contribution in [0.2, 0.25) is 0 Å². The van der Waals surface area contributed by atoms with E-state index >= 15 is 0 Å². The van der Waals surface area contributed by atoms with Crippen molar-refractivity contribution in [3.8, 4) is 11.8 Å².